The van der Waals surface area contributed by atoms with Crippen molar-refractivity contribution >= 4 is 0 Å². The third kappa shape index (κ3) is 4.53. The van der Waals surface area contributed by atoms with E-state index >= 15 is 0 Å². The van der Waals surface area contributed by atoms with E-state index < -0.39 is 0 Å². The summed E-state index contributed by atoms with van der Waals surface area (Å²) in [5.41, 5.74) is 0.775. The van der Waals surface area contributed by atoms with Gasteiger partial charge >= 0.3 is 0 Å². The Morgan fingerprint density at radius 2 is 1.39 bits per heavy atom. The van der Waals surface area contributed by atoms with Crippen LogP contribution in [0.15, 0.2) is 0 Å². The molecule has 0 bridgehead atoms. The molecule has 0 unspecified atom stereocenters. The maximum absolute atomic E-state index is 2.80. The number of hydrogen-bond donors (Lipinski definition) is 0. The Morgan fingerprint density at radius 3 is 1.91 bits per heavy atom. The monoisotopic (exact) mass is 319 g/mol. The van der Waals surface area contributed by atoms with Gasteiger partial charge in [0, 0.05) is 6.54 Å². The average molecular weight is 320 g/mol. The summed E-state index contributed by atoms with van der Waals surface area (Å²) < 4.78 is 0. The maximum atomic E-state index is 2.80. The minimum atomic E-state index is 0.775. The van der Waals surface area contributed by atoms with Crippen molar-refractivity contribution in [2.24, 2.45) is 29.1 Å². The van der Waals surface area contributed by atoms with E-state index in [0.717, 1.165) is 29.1 Å². The average Bonchev–Trinajstić information content (AvgIpc) is 2.58. The topological polar surface area (TPSA) is 3.24 Å². The highest BCUT2D eigenvalue weighted by molar-refractivity contribution is 4.91. The van der Waals surface area contributed by atoms with Crippen LogP contribution >= 0.6 is 0 Å². The van der Waals surface area contributed by atoms with Crippen molar-refractivity contribution in [2.75, 3.05) is 19.6 Å². The van der Waals surface area contributed by atoms with Gasteiger partial charge in [0.25, 0.3) is 0 Å². The van der Waals surface area contributed by atoms with E-state index in [1.165, 1.54) is 64.6 Å². The van der Waals surface area contributed by atoms with Gasteiger partial charge in [-0.3, -0.25) is 0 Å². The van der Waals surface area contributed by atoms with Crippen molar-refractivity contribution in [1.29, 1.82) is 0 Å². The number of nitrogens with zero attached hydrogens (tertiary/aromatic N) is 1. The van der Waals surface area contributed by atoms with Crippen LogP contribution in [0.3, 0.4) is 0 Å². The van der Waals surface area contributed by atoms with Crippen LogP contribution in [-0.4, -0.2) is 24.5 Å². The maximum Gasteiger partial charge on any atom is 0.000967 e. The predicted octanol–water partition coefficient (Wildman–Crippen LogP) is 6.13. The molecule has 134 valence electrons. The molecular weight excluding hydrogens is 278 g/mol. The highest BCUT2D eigenvalue weighted by Gasteiger charge is 2.39. The van der Waals surface area contributed by atoms with Gasteiger partial charge < -0.3 is 4.90 Å². The number of rotatable bonds is 4. The lowest BCUT2D eigenvalue weighted by atomic mass is 9.60. The summed E-state index contributed by atoms with van der Waals surface area (Å²) in [4.78, 5) is 2.80. The van der Waals surface area contributed by atoms with E-state index in [1.807, 2.05) is 0 Å². The third-order valence-corrected chi connectivity index (χ3v) is 8.00. The van der Waals surface area contributed by atoms with Crippen molar-refractivity contribution in [1.82, 2.24) is 4.90 Å². The molecule has 0 aromatic rings. The Hall–Kier alpha value is -0.0400. The zero-order chi connectivity index (χ0) is 16.3. The zero-order valence-corrected chi connectivity index (χ0v) is 16.2. The quantitative estimate of drug-likeness (QED) is 0.602. The molecule has 0 atom stereocenters. The molecule has 1 spiro atoms. The van der Waals surface area contributed by atoms with Gasteiger partial charge in [-0.15, -0.1) is 0 Å². The molecule has 2 saturated carbocycles. The second-order valence-electron chi connectivity index (χ2n) is 9.68. The summed E-state index contributed by atoms with van der Waals surface area (Å²) in [5, 5.41) is 0. The lowest BCUT2D eigenvalue weighted by Crippen LogP contribution is -2.40. The zero-order valence-electron chi connectivity index (χ0n) is 16.2. The lowest BCUT2D eigenvalue weighted by molar-refractivity contribution is 0.0502. The van der Waals surface area contributed by atoms with E-state index in [4.69, 9.17) is 0 Å². The molecule has 3 rings (SSSR count). The van der Waals surface area contributed by atoms with Gasteiger partial charge in [-0.25, -0.2) is 0 Å². The van der Waals surface area contributed by atoms with Gasteiger partial charge in [-0.2, -0.15) is 0 Å². The van der Waals surface area contributed by atoms with Crippen molar-refractivity contribution in [3.05, 3.63) is 0 Å². The molecule has 0 aromatic heterocycles. The predicted molar refractivity (Wildman–Crippen MR) is 101 cm³/mol. The van der Waals surface area contributed by atoms with Crippen LogP contribution in [-0.2, 0) is 0 Å². The Bertz CT molecular complexity index is 335. The number of likely N-dealkylation sites (tertiary alicyclic amines) is 1. The Kier molecular flexibility index (Phi) is 6.10. The van der Waals surface area contributed by atoms with Crippen LogP contribution in [0.5, 0.6) is 0 Å². The Labute approximate surface area is 145 Å². The first-order valence-corrected chi connectivity index (χ1v) is 10.8. The normalized spacial score (nSPS) is 37.6. The van der Waals surface area contributed by atoms with Crippen LogP contribution in [0.4, 0.5) is 0 Å². The van der Waals surface area contributed by atoms with Crippen LogP contribution in [0.25, 0.3) is 0 Å². The van der Waals surface area contributed by atoms with E-state index in [2.05, 4.69) is 25.7 Å². The van der Waals surface area contributed by atoms with E-state index in [1.54, 1.807) is 25.7 Å². The molecule has 0 aromatic carbocycles. The fourth-order valence-electron chi connectivity index (χ4n) is 5.83. The molecule has 1 aliphatic heterocycles. The van der Waals surface area contributed by atoms with Crippen molar-refractivity contribution in [3.8, 4) is 0 Å². The van der Waals surface area contributed by atoms with E-state index in [-0.39, 0.29) is 0 Å². The standard InChI is InChI=1S/C22H41N/c1-4-19-9-15-23(16-10-19)17-20-5-11-22(12-6-20)13-7-21(8-14-22)18(2)3/h18-21H,4-17H2,1-3H3. The molecule has 1 heterocycles. The molecule has 1 nitrogen and oxygen atoms in total. The third-order valence-electron chi connectivity index (χ3n) is 8.00. The fraction of sp³-hybridized carbons (Fsp3) is 1.00. The van der Waals surface area contributed by atoms with Gasteiger partial charge in [0.05, 0.1) is 0 Å². The van der Waals surface area contributed by atoms with E-state index in [9.17, 15) is 0 Å². The van der Waals surface area contributed by atoms with Crippen LogP contribution < -0.4 is 0 Å². The summed E-state index contributed by atoms with van der Waals surface area (Å²) in [6.45, 7) is 11.4. The van der Waals surface area contributed by atoms with Crippen LogP contribution in [0, 0.1) is 29.1 Å². The largest absolute Gasteiger partial charge is 0.303 e. The summed E-state index contributed by atoms with van der Waals surface area (Å²) in [5.74, 6) is 3.98. The highest BCUT2D eigenvalue weighted by atomic mass is 15.1. The highest BCUT2D eigenvalue weighted by Crippen LogP contribution is 2.51. The smallest absolute Gasteiger partial charge is 0.000967 e. The van der Waals surface area contributed by atoms with Gasteiger partial charge in [0.2, 0.25) is 0 Å². The lowest BCUT2D eigenvalue weighted by Gasteiger charge is -2.46. The Balaban J connectivity index is 1.39. The molecule has 3 fully saturated rings. The van der Waals surface area contributed by atoms with Gasteiger partial charge in [0.15, 0.2) is 0 Å². The number of hydrogen-bond acceptors (Lipinski definition) is 1. The summed E-state index contributed by atoms with van der Waals surface area (Å²) in [6, 6.07) is 0. The second kappa shape index (κ2) is 7.89. The first kappa shape index (κ1) is 17.8. The van der Waals surface area contributed by atoms with Gasteiger partial charge in [-0.1, -0.05) is 27.2 Å². The molecular formula is C22H41N. The summed E-state index contributed by atoms with van der Waals surface area (Å²) >= 11 is 0. The van der Waals surface area contributed by atoms with Gasteiger partial charge in [-0.05, 0) is 106 Å². The molecule has 0 radical (unpaired) electrons. The van der Waals surface area contributed by atoms with Crippen molar-refractivity contribution in [3.63, 3.8) is 0 Å². The first-order chi connectivity index (χ1) is 11.1. The fourth-order valence-corrected chi connectivity index (χ4v) is 5.83. The molecule has 3 aliphatic rings. The minimum Gasteiger partial charge on any atom is -0.303 e. The SMILES string of the molecule is CCC1CCN(CC2CCC3(CC2)CCC(C(C)C)CC3)CC1. The molecule has 1 saturated heterocycles. The van der Waals surface area contributed by atoms with Crippen molar-refractivity contribution in [2.45, 2.75) is 91.4 Å². The van der Waals surface area contributed by atoms with Crippen molar-refractivity contribution < 1.29 is 0 Å². The van der Waals surface area contributed by atoms with Gasteiger partial charge in [0.1, 0.15) is 0 Å². The van der Waals surface area contributed by atoms with Crippen LogP contribution in [0.2, 0.25) is 0 Å². The molecule has 2 aliphatic carbocycles. The summed E-state index contributed by atoms with van der Waals surface area (Å²) in [6.07, 6.45) is 16.6. The molecule has 0 N–H and O–H groups in total. The molecule has 23 heavy (non-hydrogen) atoms. The van der Waals surface area contributed by atoms with E-state index in [0.29, 0.717) is 0 Å². The Morgan fingerprint density at radius 1 is 0.826 bits per heavy atom. The first-order valence-electron chi connectivity index (χ1n) is 10.8. The number of piperidine rings is 1. The molecule has 1 heteroatoms. The molecule has 0 amide bonds. The minimum absolute atomic E-state index is 0.775. The van der Waals surface area contributed by atoms with Crippen LogP contribution in [0.1, 0.15) is 91.4 Å². The summed E-state index contributed by atoms with van der Waals surface area (Å²) in [7, 11) is 0. The second-order valence-corrected chi connectivity index (χ2v) is 9.68.